The maximum atomic E-state index is 10.8. The maximum absolute atomic E-state index is 10.8. The van der Waals surface area contributed by atoms with Gasteiger partial charge in [0.2, 0.25) is 5.91 Å². The van der Waals surface area contributed by atoms with E-state index in [1.54, 1.807) is 0 Å². The van der Waals surface area contributed by atoms with Crippen LogP contribution in [0.15, 0.2) is 28.7 Å². The van der Waals surface area contributed by atoms with Gasteiger partial charge < -0.3 is 11.5 Å². The van der Waals surface area contributed by atoms with Crippen LogP contribution in [0.2, 0.25) is 0 Å². The van der Waals surface area contributed by atoms with E-state index < -0.39 is 0 Å². The van der Waals surface area contributed by atoms with Gasteiger partial charge in [-0.2, -0.15) is 0 Å². The van der Waals surface area contributed by atoms with Crippen LogP contribution >= 0.6 is 15.9 Å². The van der Waals surface area contributed by atoms with Gasteiger partial charge in [0.15, 0.2) is 0 Å². The highest BCUT2D eigenvalue weighted by molar-refractivity contribution is 9.10. The van der Waals surface area contributed by atoms with Gasteiger partial charge in [-0.25, -0.2) is 0 Å². The summed E-state index contributed by atoms with van der Waals surface area (Å²) in [6, 6.07) is 7.89. The number of amides is 1. The Hall–Kier alpha value is -0.910. The Morgan fingerprint density at radius 1 is 1.44 bits per heavy atom. The minimum atomic E-state index is -0.349. The molecule has 0 spiro atoms. The van der Waals surface area contributed by atoms with Crippen LogP contribution in [0.1, 0.15) is 11.6 Å². The van der Waals surface area contributed by atoms with Crippen LogP contribution < -0.4 is 11.5 Å². The highest BCUT2D eigenvalue weighted by Crippen LogP contribution is 2.20. The second-order valence-corrected chi connectivity index (χ2v) is 4.60. The van der Waals surface area contributed by atoms with Crippen LogP contribution in [0.4, 0.5) is 0 Å². The summed E-state index contributed by atoms with van der Waals surface area (Å²) in [6.45, 7) is 0.656. The van der Waals surface area contributed by atoms with Crippen molar-refractivity contribution in [3.63, 3.8) is 0 Å². The smallest absolute Gasteiger partial charge is 0.231 e. The van der Waals surface area contributed by atoms with Crippen LogP contribution in [0, 0.1) is 0 Å². The first kappa shape index (κ1) is 13.2. The molecule has 0 saturated heterocycles. The predicted octanol–water partition coefficient (Wildman–Crippen LogP) is 0.866. The molecular formula is C11H16BrN3O. The fourth-order valence-electron chi connectivity index (χ4n) is 1.61. The van der Waals surface area contributed by atoms with E-state index in [0.29, 0.717) is 6.54 Å². The number of primary amides is 1. The largest absolute Gasteiger partial charge is 0.369 e. The summed E-state index contributed by atoms with van der Waals surface area (Å²) >= 11 is 3.37. The van der Waals surface area contributed by atoms with E-state index in [0.717, 1.165) is 10.0 Å². The molecular weight excluding hydrogens is 270 g/mol. The molecule has 88 valence electrons. The van der Waals surface area contributed by atoms with Crippen molar-refractivity contribution in [2.24, 2.45) is 11.5 Å². The summed E-state index contributed by atoms with van der Waals surface area (Å²) in [4.78, 5) is 12.7. The van der Waals surface area contributed by atoms with Gasteiger partial charge in [0.25, 0.3) is 0 Å². The molecule has 1 aromatic carbocycles. The Morgan fingerprint density at radius 3 is 2.44 bits per heavy atom. The monoisotopic (exact) mass is 285 g/mol. The Morgan fingerprint density at radius 2 is 2.00 bits per heavy atom. The molecule has 0 heterocycles. The molecule has 1 aromatic rings. The van der Waals surface area contributed by atoms with E-state index in [1.807, 2.05) is 36.2 Å². The number of likely N-dealkylation sites (N-methyl/N-ethyl adjacent to an activating group) is 1. The molecule has 4 N–H and O–H groups in total. The highest BCUT2D eigenvalue weighted by atomic mass is 79.9. The van der Waals surface area contributed by atoms with Crippen molar-refractivity contribution in [1.29, 1.82) is 0 Å². The quantitative estimate of drug-likeness (QED) is 0.843. The number of rotatable bonds is 5. The second-order valence-electron chi connectivity index (χ2n) is 3.68. The zero-order valence-electron chi connectivity index (χ0n) is 9.19. The third kappa shape index (κ3) is 3.59. The lowest BCUT2D eigenvalue weighted by Crippen LogP contribution is -2.37. The van der Waals surface area contributed by atoms with Crippen LogP contribution in [0.3, 0.4) is 0 Å². The fourth-order valence-corrected chi connectivity index (χ4v) is 1.88. The van der Waals surface area contributed by atoms with E-state index in [-0.39, 0.29) is 18.5 Å². The molecule has 1 atom stereocenters. The third-order valence-electron chi connectivity index (χ3n) is 2.42. The van der Waals surface area contributed by atoms with E-state index in [1.165, 1.54) is 0 Å². The molecule has 0 aliphatic rings. The van der Waals surface area contributed by atoms with Crippen molar-refractivity contribution >= 4 is 21.8 Å². The highest BCUT2D eigenvalue weighted by Gasteiger charge is 2.16. The molecule has 1 rings (SSSR count). The van der Waals surface area contributed by atoms with E-state index >= 15 is 0 Å². The minimum absolute atomic E-state index is 0.0144. The number of nitrogens with zero attached hydrogens (tertiary/aromatic N) is 1. The van der Waals surface area contributed by atoms with Gasteiger partial charge in [-0.3, -0.25) is 9.69 Å². The maximum Gasteiger partial charge on any atom is 0.231 e. The van der Waals surface area contributed by atoms with Crippen molar-refractivity contribution < 1.29 is 4.79 Å². The molecule has 0 radical (unpaired) electrons. The van der Waals surface area contributed by atoms with E-state index in [4.69, 9.17) is 11.5 Å². The van der Waals surface area contributed by atoms with Crippen LogP contribution in [0.25, 0.3) is 0 Å². The van der Waals surface area contributed by atoms with Crippen LogP contribution in [0.5, 0.6) is 0 Å². The van der Waals surface area contributed by atoms with E-state index in [9.17, 15) is 4.79 Å². The number of nitrogens with two attached hydrogens (primary N) is 2. The Balaban J connectivity index is 2.81. The number of benzene rings is 1. The molecule has 0 aliphatic heterocycles. The first-order valence-corrected chi connectivity index (χ1v) is 5.78. The van der Waals surface area contributed by atoms with Gasteiger partial charge in [0.05, 0.1) is 6.54 Å². The van der Waals surface area contributed by atoms with Crippen molar-refractivity contribution in [2.45, 2.75) is 6.04 Å². The summed E-state index contributed by atoms with van der Waals surface area (Å²) in [5, 5.41) is 0. The van der Waals surface area contributed by atoms with Gasteiger partial charge in [-0.05, 0) is 24.7 Å². The number of carbonyl (C=O) groups excluding carboxylic acids is 1. The lowest BCUT2D eigenvalue weighted by molar-refractivity contribution is -0.119. The molecule has 5 heteroatoms. The average Bonchev–Trinajstić information content (AvgIpc) is 2.21. The molecule has 16 heavy (non-hydrogen) atoms. The molecule has 0 aliphatic carbocycles. The third-order valence-corrected chi connectivity index (χ3v) is 2.94. The Labute approximate surface area is 104 Å². The van der Waals surface area contributed by atoms with Crippen LogP contribution in [-0.2, 0) is 4.79 Å². The predicted molar refractivity (Wildman–Crippen MR) is 67.8 cm³/mol. The fraction of sp³-hybridized carbons (Fsp3) is 0.364. The SMILES string of the molecule is CN(CC(N)=O)C(CN)c1ccc(Br)cc1. The second kappa shape index (κ2) is 5.98. The van der Waals surface area contributed by atoms with Gasteiger partial charge in [-0.15, -0.1) is 0 Å². The number of hydrogen-bond donors (Lipinski definition) is 2. The van der Waals surface area contributed by atoms with E-state index in [2.05, 4.69) is 15.9 Å². The van der Waals surface area contributed by atoms with Crippen molar-refractivity contribution in [2.75, 3.05) is 20.1 Å². The summed E-state index contributed by atoms with van der Waals surface area (Å²) in [6.07, 6.45) is 0. The number of hydrogen-bond acceptors (Lipinski definition) is 3. The minimum Gasteiger partial charge on any atom is -0.369 e. The zero-order valence-corrected chi connectivity index (χ0v) is 10.8. The molecule has 0 saturated carbocycles. The summed E-state index contributed by atoms with van der Waals surface area (Å²) in [5.41, 5.74) is 12.0. The Bertz CT molecular complexity index is 353. The lowest BCUT2D eigenvalue weighted by atomic mass is 10.1. The molecule has 4 nitrogen and oxygen atoms in total. The summed E-state index contributed by atoms with van der Waals surface area (Å²) < 4.78 is 1.02. The van der Waals surface area contributed by atoms with Gasteiger partial charge in [0, 0.05) is 17.1 Å². The number of carbonyl (C=O) groups is 1. The standard InChI is InChI=1S/C11H16BrN3O/c1-15(7-11(14)16)10(6-13)8-2-4-9(12)5-3-8/h2-5,10H,6-7,13H2,1H3,(H2,14,16). The normalized spacial score (nSPS) is 12.8. The van der Waals surface area contributed by atoms with Gasteiger partial charge >= 0.3 is 0 Å². The van der Waals surface area contributed by atoms with Gasteiger partial charge in [-0.1, -0.05) is 28.1 Å². The van der Waals surface area contributed by atoms with Crippen molar-refractivity contribution in [3.8, 4) is 0 Å². The molecule has 1 amide bonds. The van der Waals surface area contributed by atoms with Crippen LogP contribution in [-0.4, -0.2) is 30.9 Å². The lowest BCUT2D eigenvalue weighted by Gasteiger charge is -2.26. The molecule has 0 aromatic heterocycles. The Kier molecular flexibility index (Phi) is 4.92. The first-order valence-electron chi connectivity index (χ1n) is 4.98. The molecule has 1 unspecified atom stereocenters. The van der Waals surface area contributed by atoms with Crippen molar-refractivity contribution in [3.05, 3.63) is 34.3 Å². The van der Waals surface area contributed by atoms with Crippen molar-refractivity contribution in [1.82, 2.24) is 4.90 Å². The average molecular weight is 286 g/mol. The molecule has 0 bridgehead atoms. The summed E-state index contributed by atoms with van der Waals surface area (Å²) in [7, 11) is 1.84. The first-order chi connectivity index (χ1) is 7.54. The zero-order chi connectivity index (χ0) is 12.1. The number of halogens is 1. The molecule has 0 fully saturated rings. The summed E-state index contributed by atoms with van der Waals surface area (Å²) in [5.74, 6) is -0.349. The topological polar surface area (TPSA) is 72.3 Å². The van der Waals surface area contributed by atoms with Gasteiger partial charge in [0.1, 0.15) is 0 Å².